The summed E-state index contributed by atoms with van der Waals surface area (Å²) in [7, 11) is 0. The Balaban J connectivity index is 0. The molecule has 0 amide bonds. The van der Waals surface area contributed by atoms with E-state index in [-0.39, 0.29) is 41.6 Å². The van der Waals surface area contributed by atoms with Gasteiger partial charge in [-0.1, -0.05) is 0 Å². The van der Waals surface area contributed by atoms with Gasteiger partial charge in [-0.2, -0.15) is 0 Å². The molecule has 0 aromatic heterocycles. The van der Waals surface area contributed by atoms with Crippen molar-refractivity contribution in [3.8, 4) is 0 Å². The molecule has 0 aromatic rings. The molecule has 0 fully saturated rings. The molecule has 0 atom stereocenters. The third-order valence-corrected chi connectivity index (χ3v) is 0.781. The van der Waals surface area contributed by atoms with Crippen LogP contribution in [0.4, 0.5) is 0 Å². The molecule has 0 aromatic carbocycles. The molecule has 2 N–H and O–H groups in total. The van der Waals surface area contributed by atoms with Crippen LogP contribution in [-0.2, 0) is 32.0 Å². The van der Waals surface area contributed by atoms with Gasteiger partial charge in [0.15, 0.2) is 0 Å². The van der Waals surface area contributed by atoms with Crippen molar-refractivity contribution >= 4 is 11.9 Å². The summed E-state index contributed by atoms with van der Waals surface area (Å²) in [5, 5.41) is 16.1. The topological polar surface area (TPSA) is 74.6 Å². The average Bonchev–Trinajstić information content (AvgIpc) is 1.63. The zero-order valence-electron chi connectivity index (χ0n) is 5.13. The van der Waals surface area contributed by atoms with E-state index in [2.05, 4.69) is 0 Å². The molecule has 0 bridgehead atoms. The van der Waals surface area contributed by atoms with Crippen LogP contribution in [-0.4, -0.2) is 22.2 Å². The first-order valence-corrected chi connectivity index (χ1v) is 2.56. The van der Waals surface area contributed by atoms with Gasteiger partial charge in [-0.25, -0.2) is 0 Å². The van der Waals surface area contributed by atoms with E-state index in [1.54, 1.807) is 0 Å². The van der Waals surface area contributed by atoms with Gasteiger partial charge >= 0.3 is 11.9 Å². The van der Waals surface area contributed by atoms with E-state index < -0.39 is 11.9 Å². The number of rotatable bonds is 4. The van der Waals surface area contributed by atoms with Gasteiger partial charge in [0.25, 0.3) is 0 Å². The van der Waals surface area contributed by atoms with E-state index in [1.807, 2.05) is 0 Å². The Morgan fingerprint density at radius 2 is 1.30 bits per heavy atom. The Morgan fingerprint density at radius 3 is 1.50 bits per heavy atom. The molecule has 0 saturated heterocycles. The first-order chi connectivity index (χ1) is 4.13. The first-order valence-electron chi connectivity index (χ1n) is 2.56. The first kappa shape index (κ1) is 12.4. The minimum absolute atomic E-state index is 0. The van der Waals surface area contributed by atoms with Gasteiger partial charge in [0.1, 0.15) is 0 Å². The largest absolute Gasteiger partial charge is 0.481 e. The number of hydrogen-bond acceptors (Lipinski definition) is 2. The molecule has 0 rings (SSSR count). The maximum atomic E-state index is 9.79. The fraction of sp³-hybridized carbons (Fsp3) is 0.600. The molecule has 0 unspecified atom stereocenters. The van der Waals surface area contributed by atoms with Crippen LogP contribution in [0.2, 0.25) is 0 Å². The van der Waals surface area contributed by atoms with Crippen molar-refractivity contribution in [3.05, 3.63) is 0 Å². The third-order valence-electron chi connectivity index (χ3n) is 0.781. The van der Waals surface area contributed by atoms with Crippen LogP contribution in [0.1, 0.15) is 19.3 Å². The molecule has 0 aliphatic heterocycles. The summed E-state index contributed by atoms with van der Waals surface area (Å²) in [5.74, 6) is -1.90. The van der Waals surface area contributed by atoms with Gasteiger partial charge < -0.3 is 10.2 Å². The summed E-state index contributed by atoms with van der Waals surface area (Å²) < 4.78 is 0. The molecule has 0 aliphatic rings. The van der Waals surface area contributed by atoms with Crippen LogP contribution in [0.25, 0.3) is 0 Å². The zero-order chi connectivity index (χ0) is 7.28. The summed E-state index contributed by atoms with van der Waals surface area (Å²) in [6.07, 6.45) is 0.0866. The molecule has 0 spiro atoms. The monoisotopic (exact) mass is 239 g/mol. The van der Waals surface area contributed by atoms with Crippen LogP contribution in [0, 0.1) is 0 Å². The molecule has 0 aliphatic carbocycles. The predicted molar refractivity (Wildman–Crippen MR) is 29.1 cm³/mol. The fourth-order valence-corrected chi connectivity index (χ4v) is 0.391. The third kappa shape index (κ3) is 10.6. The number of aliphatic carboxylic acids is 2. The second kappa shape index (κ2) is 6.80. The van der Waals surface area contributed by atoms with Crippen LogP contribution in [0.3, 0.4) is 0 Å². The predicted octanol–water partition coefficient (Wildman–Crippen LogP) is 0.323. The Bertz CT molecular complexity index is 109. The Hall–Kier alpha value is -0.320. The number of carboxylic acids is 2. The quantitative estimate of drug-likeness (QED) is 0.694. The molecule has 1 radical (unpaired) electrons. The van der Waals surface area contributed by atoms with Gasteiger partial charge in [0.2, 0.25) is 0 Å². The number of hydrogen-bond donors (Lipinski definition) is 2. The van der Waals surface area contributed by atoms with E-state index >= 15 is 0 Å². The maximum Gasteiger partial charge on any atom is 0.303 e. The Labute approximate surface area is 73.7 Å². The van der Waals surface area contributed by atoms with E-state index in [9.17, 15) is 9.59 Å². The van der Waals surface area contributed by atoms with Crippen LogP contribution < -0.4 is 0 Å². The molecule has 5 heteroatoms. The summed E-state index contributed by atoms with van der Waals surface area (Å²) in [6.45, 7) is 0. The van der Waals surface area contributed by atoms with Crippen molar-refractivity contribution in [2.75, 3.05) is 0 Å². The van der Waals surface area contributed by atoms with Crippen molar-refractivity contribution in [2.24, 2.45) is 0 Å². The van der Waals surface area contributed by atoms with Crippen molar-refractivity contribution in [1.29, 1.82) is 0 Å². The van der Waals surface area contributed by atoms with Crippen LogP contribution >= 0.6 is 0 Å². The van der Waals surface area contributed by atoms with Crippen LogP contribution in [0.15, 0.2) is 0 Å². The van der Waals surface area contributed by atoms with Crippen molar-refractivity contribution < 1.29 is 42.2 Å². The van der Waals surface area contributed by atoms with Crippen molar-refractivity contribution in [3.63, 3.8) is 0 Å². The van der Waals surface area contributed by atoms with Crippen molar-refractivity contribution in [2.45, 2.75) is 19.3 Å². The van der Waals surface area contributed by atoms with Crippen LogP contribution in [0.5, 0.6) is 0 Å². The number of carboxylic acid groups (broad SMARTS) is 2. The van der Waals surface area contributed by atoms with Gasteiger partial charge in [0.05, 0.1) is 0 Å². The smallest absolute Gasteiger partial charge is 0.303 e. The summed E-state index contributed by atoms with van der Waals surface area (Å²) in [5.41, 5.74) is 0. The molecule has 10 heavy (non-hydrogen) atoms. The molecule has 0 saturated carbocycles. The number of carbonyl (C=O) groups is 2. The fourth-order valence-electron chi connectivity index (χ4n) is 0.391. The van der Waals surface area contributed by atoms with Gasteiger partial charge in [-0.05, 0) is 6.42 Å². The second-order valence-electron chi connectivity index (χ2n) is 1.64. The summed E-state index contributed by atoms with van der Waals surface area (Å²) in [6, 6.07) is 0. The van der Waals surface area contributed by atoms with E-state index in [4.69, 9.17) is 10.2 Å². The van der Waals surface area contributed by atoms with Gasteiger partial charge in [-0.15, -0.1) is 0 Å². The van der Waals surface area contributed by atoms with E-state index in [0.29, 0.717) is 0 Å². The van der Waals surface area contributed by atoms with E-state index in [1.165, 1.54) is 0 Å². The van der Waals surface area contributed by atoms with E-state index in [0.717, 1.165) is 0 Å². The summed E-state index contributed by atoms with van der Waals surface area (Å²) >= 11 is 0. The average molecular weight is 240 g/mol. The molecule has 0 heterocycles. The minimum Gasteiger partial charge on any atom is -0.481 e. The minimum atomic E-state index is -0.948. The SMILES string of the molecule is O=C(O)CCCC(=O)O.[Ag]. The molecule has 4 nitrogen and oxygen atoms in total. The van der Waals surface area contributed by atoms with Gasteiger partial charge in [-0.3, -0.25) is 9.59 Å². The second-order valence-corrected chi connectivity index (χ2v) is 1.64. The zero-order valence-corrected chi connectivity index (χ0v) is 6.62. The Morgan fingerprint density at radius 1 is 1.00 bits per heavy atom. The normalized spacial score (nSPS) is 8.00. The standard InChI is InChI=1S/C5H8O4.Ag/c6-4(7)2-1-3-5(8)9;/h1-3H2,(H,6,7)(H,8,9);. The molecular weight excluding hydrogens is 232 g/mol. The maximum absolute atomic E-state index is 9.79. The molecular formula is C5H8AgO4. The van der Waals surface area contributed by atoms with Gasteiger partial charge in [0, 0.05) is 35.2 Å². The van der Waals surface area contributed by atoms with Crippen molar-refractivity contribution in [1.82, 2.24) is 0 Å². The Kier molecular flexibility index (Phi) is 8.40. The molecule has 63 valence electrons. The summed E-state index contributed by atoms with van der Waals surface area (Å²) in [4.78, 5) is 19.6.